The highest BCUT2D eigenvalue weighted by Crippen LogP contribution is 2.17. The predicted molar refractivity (Wildman–Crippen MR) is 108 cm³/mol. The summed E-state index contributed by atoms with van der Waals surface area (Å²) in [6, 6.07) is 16.2. The van der Waals surface area contributed by atoms with Crippen LogP contribution in [0.1, 0.15) is 17.8 Å². The van der Waals surface area contributed by atoms with Crippen LogP contribution in [0.4, 0.5) is 0 Å². The third kappa shape index (κ3) is 4.97. The van der Waals surface area contributed by atoms with E-state index in [0.29, 0.717) is 19.6 Å². The highest BCUT2D eigenvalue weighted by atomic mass is 16.5. The summed E-state index contributed by atoms with van der Waals surface area (Å²) in [6.45, 7) is 7.52. The monoisotopic (exact) mass is 363 g/mol. The zero-order valence-corrected chi connectivity index (χ0v) is 15.6. The first kappa shape index (κ1) is 18.7. The molecular formula is C22H25N3O2. The predicted octanol–water partition coefficient (Wildman–Crippen LogP) is 3.66. The summed E-state index contributed by atoms with van der Waals surface area (Å²) >= 11 is 0. The normalized spacial score (nSPS) is 10.7. The molecule has 3 rings (SSSR count). The summed E-state index contributed by atoms with van der Waals surface area (Å²) in [5, 5.41) is 2.81. The number of rotatable bonds is 9. The Morgan fingerprint density at radius 1 is 1.26 bits per heavy atom. The molecule has 0 saturated heterocycles. The number of nitrogens with zero attached hydrogens (tertiary/aromatic N) is 2. The summed E-state index contributed by atoms with van der Waals surface area (Å²) in [4.78, 5) is 16.1. The molecule has 0 atom stereocenters. The van der Waals surface area contributed by atoms with Crippen LogP contribution in [0.25, 0.3) is 11.0 Å². The van der Waals surface area contributed by atoms with Gasteiger partial charge in [-0.2, -0.15) is 0 Å². The highest BCUT2D eigenvalue weighted by Gasteiger charge is 2.10. The van der Waals surface area contributed by atoms with Crippen molar-refractivity contribution in [2.45, 2.75) is 26.3 Å². The summed E-state index contributed by atoms with van der Waals surface area (Å²) < 4.78 is 8.08. The van der Waals surface area contributed by atoms with E-state index in [1.54, 1.807) is 0 Å². The molecule has 3 aromatic rings. The van der Waals surface area contributed by atoms with Gasteiger partial charge in [0.1, 0.15) is 11.6 Å². The van der Waals surface area contributed by atoms with E-state index in [1.165, 1.54) is 11.6 Å². The number of carbonyl (C=O) groups excluding carboxylic acids is 1. The molecule has 0 unspecified atom stereocenters. The SMILES string of the molecule is C=CC(=O)NCCc1nc2ccccc2n1CCCOc1cccc(C)c1. The van der Waals surface area contributed by atoms with Crippen molar-refractivity contribution in [1.82, 2.24) is 14.9 Å². The first-order valence-electron chi connectivity index (χ1n) is 9.21. The molecule has 0 radical (unpaired) electrons. The van der Waals surface area contributed by atoms with Crippen molar-refractivity contribution in [2.24, 2.45) is 0 Å². The zero-order valence-electron chi connectivity index (χ0n) is 15.6. The van der Waals surface area contributed by atoms with Gasteiger partial charge in [-0.15, -0.1) is 0 Å². The van der Waals surface area contributed by atoms with E-state index in [2.05, 4.69) is 35.5 Å². The second-order valence-corrected chi connectivity index (χ2v) is 6.43. The van der Waals surface area contributed by atoms with Gasteiger partial charge in [0.25, 0.3) is 0 Å². The van der Waals surface area contributed by atoms with Crippen LogP contribution in [0.2, 0.25) is 0 Å². The van der Waals surface area contributed by atoms with E-state index in [4.69, 9.17) is 9.72 Å². The van der Waals surface area contributed by atoms with Gasteiger partial charge in [0, 0.05) is 19.5 Å². The number of aryl methyl sites for hydroxylation is 2. The Morgan fingerprint density at radius 2 is 2.11 bits per heavy atom. The van der Waals surface area contributed by atoms with Crippen LogP contribution < -0.4 is 10.1 Å². The average Bonchev–Trinajstić information content (AvgIpc) is 3.02. The molecule has 2 aromatic carbocycles. The van der Waals surface area contributed by atoms with Crippen LogP contribution in [-0.2, 0) is 17.8 Å². The molecule has 0 spiro atoms. The average molecular weight is 363 g/mol. The van der Waals surface area contributed by atoms with Crippen molar-refractivity contribution in [1.29, 1.82) is 0 Å². The molecule has 0 saturated carbocycles. The molecular weight excluding hydrogens is 338 g/mol. The van der Waals surface area contributed by atoms with E-state index in [0.717, 1.165) is 35.6 Å². The maximum Gasteiger partial charge on any atom is 0.243 e. The van der Waals surface area contributed by atoms with Crippen molar-refractivity contribution >= 4 is 16.9 Å². The summed E-state index contributed by atoms with van der Waals surface area (Å²) in [5.74, 6) is 1.71. The fourth-order valence-corrected chi connectivity index (χ4v) is 3.05. The number of aromatic nitrogens is 2. The Kier molecular flexibility index (Phi) is 6.26. The van der Waals surface area contributed by atoms with Gasteiger partial charge in [0.2, 0.25) is 5.91 Å². The third-order valence-corrected chi connectivity index (χ3v) is 4.35. The highest BCUT2D eigenvalue weighted by molar-refractivity contribution is 5.86. The number of hydrogen-bond donors (Lipinski definition) is 1. The topological polar surface area (TPSA) is 56.2 Å². The van der Waals surface area contributed by atoms with Gasteiger partial charge in [-0.3, -0.25) is 4.79 Å². The quantitative estimate of drug-likeness (QED) is 0.466. The minimum absolute atomic E-state index is 0.163. The van der Waals surface area contributed by atoms with Crippen LogP contribution in [-0.4, -0.2) is 28.6 Å². The molecule has 1 N–H and O–H groups in total. The van der Waals surface area contributed by atoms with E-state index in [9.17, 15) is 4.79 Å². The maximum atomic E-state index is 11.4. The number of imidazole rings is 1. The van der Waals surface area contributed by atoms with Crippen molar-refractivity contribution in [3.8, 4) is 5.75 Å². The molecule has 0 aliphatic rings. The lowest BCUT2D eigenvalue weighted by Crippen LogP contribution is -2.24. The first-order chi connectivity index (χ1) is 13.2. The van der Waals surface area contributed by atoms with Gasteiger partial charge in [-0.05, 0) is 49.2 Å². The molecule has 1 heterocycles. The molecule has 5 heteroatoms. The Hall–Kier alpha value is -3.08. The van der Waals surface area contributed by atoms with Crippen LogP contribution in [0.15, 0.2) is 61.2 Å². The molecule has 0 bridgehead atoms. The summed E-state index contributed by atoms with van der Waals surface area (Å²) in [5.41, 5.74) is 3.28. The van der Waals surface area contributed by atoms with E-state index in [1.807, 2.05) is 36.4 Å². The lowest BCUT2D eigenvalue weighted by Gasteiger charge is -2.11. The number of carbonyl (C=O) groups is 1. The lowest BCUT2D eigenvalue weighted by molar-refractivity contribution is -0.116. The molecule has 27 heavy (non-hydrogen) atoms. The van der Waals surface area contributed by atoms with Crippen LogP contribution in [0, 0.1) is 6.92 Å². The van der Waals surface area contributed by atoms with Gasteiger partial charge in [-0.25, -0.2) is 4.98 Å². The summed E-state index contributed by atoms with van der Waals surface area (Å²) in [6.07, 6.45) is 2.83. The fourth-order valence-electron chi connectivity index (χ4n) is 3.05. The fraction of sp³-hybridized carbons (Fsp3) is 0.273. The van der Waals surface area contributed by atoms with Gasteiger partial charge < -0.3 is 14.6 Å². The lowest BCUT2D eigenvalue weighted by atomic mass is 10.2. The standard InChI is InChI=1S/C22H25N3O2/c1-3-22(26)23-13-12-21-24-19-10-4-5-11-20(19)25(21)14-7-15-27-18-9-6-8-17(2)16-18/h3-6,8-11,16H,1,7,12-15H2,2H3,(H,23,26). The number of nitrogens with one attached hydrogen (secondary N) is 1. The zero-order chi connectivity index (χ0) is 19.1. The molecule has 5 nitrogen and oxygen atoms in total. The number of fused-ring (bicyclic) bond motifs is 1. The van der Waals surface area contributed by atoms with Crippen molar-refractivity contribution < 1.29 is 9.53 Å². The van der Waals surface area contributed by atoms with Gasteiger partial charge in [0.05, 0.1) is 17.6 Å². The third-order valence-electron chi connectivity index (χ3n) is 4.35. The molecule has 1 amide bonds. The van der Waals surface area contributed by atoms with Crippen LogP contribution in [0.5, 0.6) is 5.75 Å². The van der Waals surface area contributed by atoms with Crippen molar-refractivity contribution in [2.75, 3.05) is 13.2 Å². The molecule has 0 fully saturated rings. The molecule has 1 aromatic heterocycles. The smallest absolute Gasteiger partial charge is 0.243 e. The van der Waals surface area contributed by atoms with E-state index < -0.39 is 0 Å². The van der Waals surface area contributed by atoms with Crippen molar-refractivity contribution in [3.63, 3.8) is 0 Å². The Labute approximate surface area is 159 Å². The van der Waals surface area contributed by atoms with Crippen molar-refractivity contribution in [3.05, 3.63) is 72.6 Å². The Balaban J connectivity index is 1.63. The van der Waals surface area contributed by atoms with E-state index >= 15 is 0 Å². The largest absolute Gasteiger partial charge is 0.494 e. The number of benzene rings is 2. The molecule has 0 aliphatic carbocycles. The van der Waals surface area contributed by atoms with Crippen LogP contribution in [0.3, 0.4) is 0 Å². The number of ether oxygens (including phenoxy) is 1. The minimum Gasteiger partial charge on any atom is -0.494 e. The molecule has 0 aliphatic heterocycles. The maximum absolute atomic E-state index is 11.4. The second-order valence-electron chi connectivity index (χ2n) is 6.43. The van der Waals surface area contributed by atoms with Gasteiger partial charge in [0.15, 0.2) is 0 Å². The minimum atomic E-state index is -0.163. The first-order valence-corrected chi connectivity index (χ1v) is 9.21. The Bertz CT molecular complexity index is 930. The Morgan fingerprint density at radius 3 is 2.93 bits per heavy atom. The number of amides is 1. The van der Waals surface area contributed by atoms with E-state index in [-0.39, 0.29) is 5.91 Å². The number of para-hydroxylation sites is 2. The molecule has 140 valence electrons. The second kappa shape index (κ2) is 9.03. The van der Waals surface area contributed by atoms with Gasteiger partial charge in [-0.1, -0.05) is 30.8 Å². The summed E-state index contributed by atoms with van der Waals surface area (Å²) in [7, 11) is 0. The van der Waals surface area contributed by atoms with Gasteiger partial charge >= 0.3 is 0 Å². The number of hydrogen-bond acceptors (Lipinski definition) is 3. The van der Waals surface area contributed by atoms with Crippen LogP contribution >= 0.6 is 0 Å².